The van der Waals surface area contributed by atoms with Crippen LogP contribution in [0.2, 0.25) is 0 Å². The lowest BCUT2D eigenvalue weighted by molar-refractivity contribution is 1.22. The van der Waals surface area contributed by atoms with Crippen molar-refractivity contribution in [3.05, 3.63) is 66.0 Å². The zero-order chi connectivity index (χ0) is 15.1. The molecule has 22 heavy (non-hydrogen) atoms. The molecular weight excluding hydrogens is 270 g/mol. The number of nitriles is 1. The molecule has 0 radical (unpaired) electrons. The van der Waals surface area contributed by atoms with E-state index < -0.39 is 0 Å². The lowest BCUT2D eigenvalue weighted by atomic mass is 10.0. The minimum atomic E-state index is 0.677. The van der Waals surface area contributed by atoms with Gasteiger partial charge >= 0.3 is 0 Å². The van der Waals surface area contributed by atoms with E-state index in [0.29, 0.717) is 5.56 Å². The standard InChI is InChI=1S/C19H13N3/c1-12-19-16(7-8-21-12)17-10-15(5-6-18(17)22-19)14-4-2-3-13(9-14)11-20/h2-10,22H,1H3. The van der Waals surface area contributed by atoms with Gasteiger partial charge in [-0.05, 0) is 48.4 Å². The smallest absolute Gasteiger partial charge is 0.0991 e. The molecule has 2 aromatic carbocycles. The average molecular weight is 283 g/mol. The van der Waals surface area contributed by atoms with Crippen molar-refractivity contribution in [3.8, 4) is 17.2 Å². The number of fused-ring (bicyclic) bond motifs is 3. The lowest BCUT2D eigenvalue weighted by Crippen LogP contribution is -1.80. The molecule has 0 aliphatic rings. The first-order chi connectivity index (χ1) is 10.8. The van der Waals surface area contributed by atoms with Crippen molar-refractivity contribution in [2.45, 2.75) is 6.92 Å². The van der Waals surface area contributed by atoms with Crippen molar-refractivity contribution in [1.29, 1.82) is 5.26 Å². The van der Waals surface area contributed by atoms with Gasteiger partial charge in [-0.2, -0.15) is 5.26 Å². The van der Waals surface area contributed by atoms with E-state index in [0.717, 1.165) is 27.9 Å². The largest absolute Gasteiger partial charge is 0.353 e. The number of nitrogens with zero attached hydrogens (tertiary/aromatic N) is 2. The van der Waals surface area contributed by atoms with Gasteiger partial charge in [-0.25, -0.2) is 0 Å². The highest BCUT2D eigenvalue weighted by molar-refractivity contribution is 6.09. The van der Waals surface area contributed by atoms with Crippen molar-refractivity contribution in [3.63, 3.8) is 0 Å². The maximum atomic E-state index is 9.06. The van der Waals surface area contributed by atoms with Crippen LogP contribution in [0.15, 0.2) is 54.7 Å². The molecule has 1 N–H and O–H groups in total. The highest BCUT2D eigenvalue weighted by atomic mass is 14.8. The Morgan fingerprint density at radius 2 is 1.86 bits per heavy atom. The van der Waals surface area contributed by atoms with Crippen LogP contribution in [0.3, 0.4) is 0 Å². The van der Waals surface area contributed by atoms with Gasteiger partial charge in [-0.1, -0.05) is 18.2 Å². The van der Waals surface area contributed by atoms with Crippen LogP contribution in [0.25, 0.3) is 32.9 Å². The zero-order valence-electron chi connectivity index (χ0n) is 12.1. The normalized spacial score (nSPS) is 10.9. The number of pyridine rings is 1. The van der Waals surface area contributed by atoms with Gasteiger partial charge in [0.2, 0.25) is 0 Å². The molecule has 4 aromatic rings. The van der Waals surface area contributed by atoms with Crippen LogP contribution in [0.5, 0.6) is 0 Å². The fraction of sp³-hybridized carbons (Fsp3) is 0.0526. The maximum Gasteiger partial charge on any atom is 0.0991 e. The Morgan fingerprint density at radius 1 is 1.00 bits per heavy atom. The van der Waals surface area contributed by atoms with Crippen LogP contribution in [0.1, 0.15) is 11.3 Å². The van der Waals surface area contributed by atoms with Gasteiger partial charge in [-0.15, -0.1) is 0 Å². The molecule has 0 spiro atoms. The zero-order valence-corrected chi connectivity index (χ0v) is 12.1. The number of aromatic amines is 1. The summed E-state index contributed by atoms with van der Waals surface area (Å²) in [5.41, 5.74) is 6.03. The van der Waals surface area contributed by atoms with Crippen LogP contribution in [0.4, 0.5) is 0 Å². The number of hydrogen-bond donors (Lipinski definition) is 1. The summed E-state index contributed by atoms with van der Waals surface area (Å²) >= 11 is 0. The molecule has 0 fully saturated rings. The average Bonchev–Trinajstić information content (AvgIpc) is 2.94. The van der Waals surface area contributed by atoms with Gasteiger partial charge < -0.3 is 4.98 Å². The quantitative estimate of drug-likeness (QED) is 0.556. The maximum absolute atomic E-state index is 9.06. The number of aromatic nitrogens is 2. The van der Waals surface area contributed by atoms with Crippen molar-refractivity contribution >= 4 is 21.8 Å². The second-order valence-corrected chi connectivity index (χ2v) is 5.40. The third-order valence-electron chi connectivity index (χ3n) is 4.03. The first-order valence-corrected chi connectivity index (χ1v) is 7.14. The Labute approximate surface area is 127 Å². The molecular formula is C19H13N3. The van der Waals surface area contributed by atoms with E-state index in [1.807, 2.05) is 43.5 Å². The van der Waals surface area contributed by atoms with Gasteiger partial charge in [0.05, 0.1) is 22.8 Å². The predicted octanol–water partition coefficient (Wildman–Crippen LogP) is 4.56. The summed E-state index contributed by atoms with van der Waals surface area (Å²) in [6, 6.07) is 18.3. The number of hydrogen-bond acceptors (Lipinski definition) is 2. The molecule has 0 aliphatic heterocycles. The first kappa shape index (κ1) is 12.6. The molecule has 0 unspecified atom stereocenters. The highest BCUT2D eigenvalue weighted by Crippen LogP contribution is 2.30. The molecule has 2 aromatic heterocycles. The molecule has 2 heterocycles. The third-order valence-corrected chi connectivity index (χ3v) is 4.03. The van der Waals surface area contributed by atoms with Crippen LogP contribution in [-0.4, -0.2) is 9.97 Å². The van der Waals surface area contributed by atoms with Gasteiger partial charge in [0.15, 0.2) is 0 Å². The SMILES string of the molecule is Cc1nccc2c1[nH]c1ccc(-c3cccc(C#N)c3)cc12. The van der Waals surface area contributed by atoms with Crippen molar-refractivity contribution in [1.82, 2.24) is 9.97 Å². The molecule has 3 heteroatoms. The Kier molecular flexibility index (Phi) is 2.70. The van der Waals surface area contributed by atoms with E-state index in [1.165, 1.54) is 10.8 Å². The first-order valence-electron chi connectivity index (χ1n) is 7.14. The minimum absolute atomic E-state index is 0.677. The molecule has 4 rings (SSSR count). The number of benzene rings is 2. The van der Waals surface area contributed by atoms with E-state index in [9.17, 15) is 0 Å². The third kappa shape index (κ3) is 1.86. The Hall–Kier alpha value is -3.12. The molecule has 0 saturated heterocycles. The molecule has 0 saturated carbocycles. The van der Waals surface area contributed by atoms with E-state index in [-0.39, 0.29) is 0 Å². The van der Waals surface area contributed by atoms with Crippen LogP contribution in [0, 0.1) is 18.3 Å². The predicted molar refractivity (Wildman–Crippen MR) is 88.5 cm³/mol. The number of rotatable bonds is 1. The Bertz CT molecular complexity index is 1050. The number of aryl methyl sites for hydroxylation is 1. The molecule has 0 amide bonds. The summed E-state index contributed by atoms with van der Waals surface area (Å²) < 4.78 is 0. The fourth-order valence-electron chi connectivity index (χ4n) is 2.91. The fourth-order valence-corrected chi connectivity index (χ4v) is 2.91. The van der Waals surface area contributed by atoms with Gasteiger partial charge in [0.25, 0.3) is 0 Å². The van der Waals surface area contributed by atoms with Gasteiger partial charge in [0.1, 0.15) is 0 Å². The van der Waals surface area contributed by atoms with Crippen LogP contribution >= 0.6 is 0 Å². The molecule has 0 aliphatic carbocycles. The number of nitrogens with one attached hydrogen (secondary N) is 1. The van der Waals surface area contributed by atoms with E-state index >= 15 is 0 Å². The summed E-state index contributed by atoms with van der Waals surface area (Å²) in [6.45, 7) is 2.01. The molecule has 0 atom stereocenters. The summed E-state index contributed by atoms with van der Waals surface area (Å²) in [6.07, 6.45) is 1.84. The molecule has 3 nitrogen and oxygen atoms in total. The monoisotopic (exact) mass is 283 g/mol. The number of H-pyrrole nitrogens is 1. The topological polar surface area (TPSA) is 52.5 Å². The second kappa shape index (κ2) is 4.71. The minimum Gasteiger partial charge on any atom is -0.353 e. The second-order valence-electron chi connectivity index (χ2n) is 5.40. The highest BCUT2D eigenvalue weighted by Gasteiger charge is 2.08. The van der Waals surface area contributed by atoms with Crippen molar-refractivity contribution in [2.24, 2.45) is 0 Å². The molecule has 0 bridgehead atoms. The summed E-state index contributed by atoms with van der Waals surface area (Å²) in [5, 5.41) is 11.4. The van der Waals surface area contributed by atoms with Crippen molar-refractivity contribution in [2.75, 3.05) is 0 Å². The Morgan fingerprint density at radius 3 is 2.73 bits per heavy atom. The van der Waals surface area contributed by atoms with Crippen molar-refractivity contribution < 1.29 is 0 Å². The van der Waals surface area contributed by atoms with Gasteiger partial charge in [-0.3, -0.25) is 4.98 Å². The van der Waals surface area contributed by atoms with Crippen LogP contribution in [-0.2, 0) is 0 Å². The summed E-state index contributed by atoms with van der Waals surface area (Å²) in [5.74, 6) is 0. The summed E-state index contributed by atoms with van der Waals surface area (Å²) in [4.78, 5) is 7.77. The van der Waals surface area contributed by atoms with E-state index in [1.54, 1.807) is 0 Å². The van der Waals surface area contributed by atoms with Crippen LogP contribution < -0.4 is 0 Å². The Balaban J connectivity index is 1.99. The van der Waals surface area contributed by atoms with Gasteiger partial charge in [0, 0.05) is 22.5 Å². The van der Waals surface area contributed by atoms with E-state index in [4.69, 9.17) is 5.26 Å². The molecule has 104 valence electrons. The lowest BCUT2D eigenvalue weighted by Gasteiger charge is -2.02. The van der Waals surface area contributed by atoms with E-state index in [2.05, 4.69) is 34.2 Å². The summed E-state index contributed by atoms with van der Waals surface area (Å²) in [7, 11) is 0.